The first kappa shape index (κ1) is 14.9. The Morgan fingerprint density at radius 3 is 3.05 bits per heavy atom. The average Bonchev–Trinajstić information content (AvgIpc) is 2.43. The fourth-order valence-electron chi connectivity index (χ4n) is 2.70. The Hall–Kier alpha value is -0.450. The summed E-state index contributed by atoms with van der Waals surface area (Å²) in [5.74, 6) is -0.169. The van der Waals surface area contributed by atoms with E-state index < -0.39 is 0 Å². The molecule has 2 rings (SSSR count). The highest BCUT2D eigenvalue weighted by molar-refractivity contribution is 9.10. The molecule has 19 heavy (non-hydrogen) atoms. The molecule has 1 aliphatic rings. The summed E-state index contributed by atoms with van der Waals surface area (Å²) in [6.45, 7) is 6.11. The minimum Gasteiger partial charge on any atom is -0.315 e. The molecule has 1 aliphatic heterocycles. The molecule has 1 saturated heterocycles. The van der Waals surface area contributed by atoms with E-state index in [0.29, 0.717) is 10.5 Å². The van der Waals surface area contributed by atoms with Crippen LogP contribution in [0.5, 0.6) is 0 Å². The normalized spacial score (nSPS) is 20.7. The SMILES string of the molecule is CCNCC1CCCCN1Cc1cccc(F)c1Br. The lowest BCUT2D eigenvalue weighted by atomic mass is 10.0. The van der Waals surface area contributed by atoms with E-state index in [1.807, 2.05) is 6.07 Å². The fraction of sp³-hybridized carbons (Fsp3) is 0.600. The Kier molecular flexibility index (Phi) is 5.79. The van der Waals surface area contributed by atoms with Crippen molar-refractivity contribution >= 4 is 15.9 Å². The number of likely N-dealkylation sites (N-methyl/N-ethyl adjacent to an activating group) is 1. The number of hydrogen-bond acceptors (Lipinski definition) is 2. The minimum atomic E-state index is -0.169. The van der Waals surface area contributed by atoms with Crippen molar-refractivity contribution in [1.29, 1.82) is 0 Å². The van der Waals surface area contributed by atoms with Gasteiger partial charge in [0.2, 0.25) is 0 Å². The van der Waals surface area contributed by atoms with Crippen LogP contribution in [0.15, 0.2) is 22.7 Å². The molecule has 1 unspecified atom stereocenters. The van der Waals surface area contributed by atoms with Crippen molar-refractivity contribution in [1.82, 2.24) is 10.2 Å². The van der Waals surface area contributed by atoms with Gasteiger partial charge in [0.15, 0.2) is 0 Å². The molecule has 0 radical (unpaired) electrons. The maximum atomic E-state index is 13.6. The number of halogens is 2. The van der Waals surface area contributed by atoms with Gasteiger partial charge < -0.3 is 5.32 Å². The van der Waals surface area contributed by atoms with Gasteiger partial charge in [-0.2, -0.15) is 0 Å². The molecule has 106 valence electrons. The van der Waals surface area contributed by atoms with Gasteiger partial charge in [-0.25, -0.2) is 4.39 Å². The minimum absolute atomic E-state index is 0.169. The molecular formula is C15H22BrFN2. The summed E-state index contributed by atoms with van der Waals surface area (Å²) in [5, 5.41) is 3.43. The molecule has 2 nitrogen and oxygen atoms in total. The summed E-state index contributed by atoms with van der Waals surface area (Å²) in [4.78, 5) is 2.48. The van der Waals surface area contributed by atoms with E-state index in [0.717, 1.165) is 31.7 Å². The third-order valence-electron chi connectivity index (χ3n) is 3.78. The zero-order chi connectivity index (χ0) is 13.7. The summed E-state index contributed by atoms with van der Waals surface area (Å²) < 4.78 is 14.2. The Balaban J connectivity index is 2.04. The largest absolute Gasteiger partial charge is 0.315 e. The van der Waals surface area contributed by atoms with Crippen LogP contribution in [-0.2, 0) is 6.54 Å². The molecule has 0 amide bonds. The fourth-order valence-corrected chi connectivity index (χ4v) is 3.09. The molecular weight excluding hydrogens is 307 g/mol. The summed E-state index contributed by atoms with van der Waals surface area (Å²) in [6, 6.07) is 5.87. The maximum absolute atomic E-state index is 13.6. The predicted molar refractivity (Wildman–Crippen MR) is 80.7 cm³/mol. The molecule has 4 heteroatoms. The first-order valence-corrected chi connectivity index (χ1v) is 7.89. The lowest BCUT2D eigenvalue weighted by Gasteiger charge is -2.36. The van der Waals surface area contributed by atoms with Crippen LogP contribution >= 0.6 is 15.9 Å². The summed E-state index contributed by atoms with van der Waals surface area (Å²) >= 11 is 3.36. The standard InChI is InChI=1S/C15H22BrFN2/c1-2-18-10-13-7-3-4-9-19(13)11-12-6-5-8-14(17)15(12)16/h5-6,8,13,18H,2-4,7,9-11H2,1H3. The highest BCUT2D eigenvalue weighted by atomic mass is 79.9. The van der Waals surface area contributed by atoms with Crippen LogP contribution in [0.3, 0.4) is 0 Å². The predicted octanol–water partition coefficient (Wildman–Crippen LogP) is 3.55. The smallest absolute Gasteiger partial charge is 0.137 e. The second-order valence-corrected chi connectivity index (χ2v) is 5.93. The number of nitrogens with one attached hydrogen (secondary N) is 1. The molecule has 1 heterocycles. The summed E-state index contributed by atoms with van der Waals surface area (Å²) in [5.41, 5.74) is 1.04. The average molecular weight is 329 g/mol. The van der Waals surface area contributed by atoms with Crippen LogP contribution in [-0.4, -0.2) is 30.6 Å². The molecule has 1 fully saturated rings. The van der Waals surface area contributed by atoms with Gasteiger partial charge >= 0.3 is 0 Å². The molecule has 1 atom stereocenters. The topological polar surface area (TPSA) is 15.3 Å². The van der Waals surface area contributed by atoms with Crippen molar-refractivity contribution in [3.8, 4) is 0 Å². The third-order valence-corrected chi connectivity index (χ3v) is 4.67. The summed E-state index contributed by atoms with van der Waals surface area (Å²) in [7, 11) is 0. The van der Waals surface area contributed by atoms with Crippen LogP contribution in [0.2, 0.25) is 0 Å². The summed E-state index contributed by atoms with van der Waals surface area (Å²) in [6.07, 6.45) is 3.78. The van der Waals surface area contributed by atoms with E-state index in [1.165, 1.54) is 25.3 Å². The zero-order valence-corrected chi connectivity index (χ0v) is 13.0. The maximum Gasteiger partial charge on any atom is 0.137 e. The number of benzene rings is 1. The van der Waals surface area contributed by atoms with Gasteiger partial charge in [-0.1, -0.05) is 25.5 Å². The van der Waals surface area contributed by atoms with Gasteiger partial charge in [-0.05, 0) is 53.5 Å². The molecule has 1 aromatic rings. The van der Waals surface area contributed by atoms with E-state index in [-0.39, 0.29) is 5.82 Å². The quantitative estimate of drug-likeness (QED) is 0.889. The van der Waals surface area contributed by atoms with Gasteiger partial charge in [0.25, 0.3) is 0 Å². The highest BCUT2D eigenvalue weighted by Crippen LogP contribution is 2.25. The number of piperidine rings is 1. The van der Waals surface area contributed by atoms with Crippen molar-refractivity contribution in [3.63, 3.8) is 0 Å². The lowest BCUT2D eigenvalue weighted by molar-refractivity contribution is 0.137. The van der Waals surface area contributed by atoms with Crippen LogP contribution in [0.25, 0.3) is 0 Å². The van der Waals surface area contributed by atoms with Crippen LogP contribution in [0, 0.1) is 5.82 Å². The van der Waals surface area contributed by atoms with Gasteiger partial charge in [0, 0.05) is 19.1 Å². The molecule has 0 saturated carbocycles. The van der Waals surface area contributed by atoms with Gasteiger partial charge in [0.1, 0.15) is 5.82 Å². The monoisotopic (exact) mass is 328 g/mol. The highest BCUT2D eigenvalue weighted by Gasteiger charge is 2.22. The number of likely N-dealkylation sites (tertiary alicyclic amines) is 1. The third kappa shape index (κ3) is 4.01. The Morgan fingerprint density at radius 1 is 1.42 bits per heavy atom. The number of hydrogen-bond donors (Lipinski definition) is 1. The van der Waals surface area contributed by atoms with Gasteiger partial charge in [-0.15, -0.1) is 0 Å². The molecule has 1 aromatic carbocycles. The molecule has 1 N–H and O–H groups in total. The second-order valence-electron chi connectivity index (χ2n) is 5.14. The van der Waals surface area contributed by atoms with Crippen molar-refractivity contribution in [2.24, 2.45) is 0 Å². The van der Waals surface area contributed by atoms with E-state index in [9.17, 15) is 4.39 Å². The van der Waals surface area contributed by atoms with Crippen molar-refractivity contribution in [2.45, 2.75) is 38.8 Å². The number of rotatable bonds is 5. The number of nitrogens with zero attached hydrogens (tertiary/aromatic N) is 1. The second kappa shape index (κ2) is 7.36. The zero-order valence-electron chi connectivity index (χ0n) is 11.5. The molecule has 0 bridgehead atoms. The molecule has 0 spiro atoms. The van der Waals surface area contributed by atoms with Crippen LogP contribution in [0.4, 0.5) is 4.39 Å². The van der Waals surface area contributed by atoms with Crippen molar-refractivity contribution in [3.05, 3.63) is 34.1 Å². The van der Waals surface area contributed by atoms with E-state index in [1.54, 1.807) is 6.07 Å². The lowest BCUT2D eigenvalue weighted by Crippen LogP contribution is -2.45. The van der Waals surface area contributed by atoms with Gasteiger partial charge in [0.05, 0.1) is 4.47 Å². The van der Waals surface area contributed by atoms with E-state index in [4.69, 9.17) is 0 Å². The Bertz CT molecular complexity index is 411. The Labute approximate surface area is 123 Å². The first-order valence-electron chi connectivity index (χ1n) is 7.10. The first-order chi connectivity index (χ1) is 9.22. The Morgan fingerprint density at radius 2 is 2.26 bits per heavy atom. The van der Waals surface area contributed by atoms with Gasteiger partial charge in [-0.3, -0.25) is 4.90 Å². The van der Waals surface area contributed by atoms with E-state index in [2.05, 4.69) is 33.1 Å². The van der Waals surface area contributed by atoms with Crippen molar-refractivity contribution in [2.75, 3.05) is 19.6 Å². The van der Waals surface area contributed by atoms with Crippen LogP contribution < -0.4 is 5.32 Å². The van der Waals surface area contributed by atoms with Crippen LogP contribution in [0.1, 0.15) is 31.7 Å². The van der Waals surface area contributed by atoms with Crippen molar-refractivity contribution < 1.29 is 4.39 Å². The van der Waals surface area contributed by atoms with E-state index >= 15 is 0 Å². The molecule has 0 aromatic heterocycles. The molecule has 0 aliphatic carbocycles.